The summed E-state index contributed by atoms with van der Waals surface area (Å²) >= 11 is 0. The van der Waals surface area contributed by atoms with Crippen LogP contribution < -0.4 is 10.6 Å². The summed E-state index contributed by atoms with van der Waals surface area (Å²) in [6.07, 6.45) is 4.30. The normalized spacial score (nSPS) is 14.3. The quantitative estimate of drug-likeness (QED) is 0.772. The summed E-state index contributed by atoms with van der Waals surface area (Å²) in [6.45, 7) is 1.39. The third-order valence-electron chi connectivity index (χ3n) is 3.96. The van der Waals surface area contributed by atoms with Gasteiger partial charge in [0, 0.05) is 25.3 Å². The minimum Gasteiger partial charge on any atom is -0.456 e. The Morgan fingerprint density at radius 3 is 2.36 bits per heavy atom. The SMILES string of the molecule is O=C(NCCC(=O)OCC(=O)N1CCCCCC1)Nc1ccccc1. The Morgan fingerprint density at radius 1 is 1.00 bits per heavy atom. The minimum absolute atomic E-state index is 0.0233. The molecule has 0 aromatic heterocycles. The number of carbonyl (C=O) groups is 3. The van der Waals surface area contributed by atoms with E-state index in [4.69, 9.17) is 4.74 Å². The van der Waals surface area contributed by atoms with Crippen LogP contribution in [-0.2, 0) is 14.3 Å². The van der Waals surface area contributed by atoms with E-state index in [1.807, 2.05) is 18.2 Å². The summed E-state index contributed by atoms with van der Waals surface area (Å²) in [6, 6.07) is 8.62. The lowest BCUT2D eigenvalue weighted by Crippen LogP contribution is -2.36. The van der Waals surface area contributed by atoms with Crippen molar-refractivity contribution in [2.75, 3.05) is 31.6 Å². The molecule has 1 aromatic carbocycles. The molecule has 136 valence electrons. The molecule has 1 aromatic rings. The Kier molecular flexibility index (Phi) is 7.75. The van der Waals surface area contributed by atoms with Gasteiger partial charge in [0.1, 0.15) is 0 Å². The average molecular weight is 347 g/mol. The molecule has 0 saturated carbocycles. The highest BCUT2D eigenvalue weighted by Crippen LogP contribution is 2.09. The monoisotopic (exact) mass is 347 g/mol. The largest absolute Gasteiger partial charge is 0.456 e. The number of likely N-dealkylation sites (tertiary alicyclic amines) is 1. The zero-order chi connectivity index (χ0) is 17.9. The number of esters is 1. The van der Waals surface area contributed by atoms with E-state index in [1.165, 1.54) is 0 Å². The number of nitrogens with zero attached hydrogens (tertiary/aromatic N) is 1. The molecule has 0 aliphatic carbocycles. The van der Waals surface area contributed by atoms with Gasteiger partial charge in [0.25, 0.3) is 5.91 Å². The molecule has 25 heavy (non-hydrogen) atoms. The Bertz CT molecular complexity index is 569. The van der Waals surface area contributed by atoms with Crippen molar-refractivity contribution in [1.82, 2.24) is 10.2 Å². The number of para-hydroxylation sites is 1. The smallest absolute Gasteiger partial charge is 0.319 e. The summed E-state index contributed by atoms with van der Waals surface area (Å²) in [4.78, 5) is 37.1. The lowest BCUT2D eigenvalue weighted by molar-refractivity contribution is -0.151. The molecule has 2 N–H and O–H groups in total. The van der Waals surface area contributed by atoms with Crippen molar-refractivity contribution < 1.29 is 19.1 Å². The fourth-order valence-corrected chi connectivity index (χ4v) is 2.60. The first kappa shape index (κ1) is 18.8. The van der Waals surface area contributed by atoms with Gasteiger partial charge in [-0.1, -0.05) is 31.0 Å². The van der Waals surface area contributed by atoms with Gasteiger partial charge >= 0.3 is 12.0 Å². The predicted octanol–water partition coefficient (Wildman–Crippen LogP) is 2.14. The van der Waals surface area contributed by atoms with Crippen LogP contribution in [0.4, 0.5) is 10.5 Å². The van der Waals surface area contributed by atoms with Crippen molar-refractivity contribution in [3.63, 3.8) is 0 Å². The molecular formula is C18H25N3O4. The number of anilines is 1. The standard InChI is InChI=1S/C18H25N3O4/c22-16(21-12-6-1-2-7-13-21)14-25-17(23)10-11-19-18(24)20-15-8-4-3-5-9-15/h3-5,8-9H,1-2,6-7,10-14H2,(H2,19,20,24). The maximum Gasteiger partial charge on any atom is 0.319 e. The van der Waals surface area contributed by atoms with Gasteiger partial charge in [-0.3, -0.25) is 9.59 Å². The maximum absolute atomic E-state index is 12.0. The van der Waals surface area contributed by atoms with Crippen molar-refractivity contribution in [2.45, 2.75) is 32.1 Å². The third kappa shape index (κ3) is 7.24. The van der Waals surface area contributed by atoms with Crippen LogP contribution in [0.3, 0.4) is 0 Å². The third-order valence-corrected chi connectivity index (χ3v) is 3.96. The molecule has 0 bridgehead atoms. The van der Waals surface area contributed by atoms with Crippen molar-refractivity contribution in [1.29, 1.82) is 0 Å². The topological polar surface area (TPSA) is 87.7 Å². The molecule has 1 saturated heterocycles. The highest BCUT2D eigenvalue weighted by atomic mass is 16.5. The number of ether oxygens (including phenoxy) is 1. The fraction of sp³-hybridized carbons (Fsp3) is 0.500. The first-order valence-electron chi connectivity index (χ1n) is 8.68. The van der Waals surface area contributed by atoms with Gasteiger partial charge in [-0.2, -0.15) is 0 Å². The maximum atomic E-state index is 12.0. The van der Waals surface area contributed by atoms with Gasteiger partial charge in [0.2, 0.25) is 0 Å². The Morgan fingerprint density at radius 2 is 1.68 bits per heavy atom. The molecule has 0 atom stereocenters. The summed E-state index contributed by atoms with van der Waals surface area (Å²) in [7, 11) is 0. The van der Waals surface area contributed by atoms with E-state index in [2.05, 4.69) is 10.6 Å². The van der Waals surface area contributed by atoms with Gasteiger partial charge < -0.3 is 20.3 Å². The van der Waals surface area contributed by atoms with Crippen LogP contribution in [0.5, 0.6) is 0 Å². The van der Waals surface area contributed by atoms with Crippen molar-refractivity contribution >= 4 is 23.6 Å². The zero-order valence-corrected chi connectivity index (χ0v) is 14.3. The Balaban J connectivity index is 1.58. The van der Waals surface area contributed by atoms with Crippen molar-refractivity contribution in [2.24, 2.45) is 0 Å². The van der Waals surface area contributed by atoms with E-state index in [9.17, 15) is 14.4 Å². The van der Waals surface area contributed by atoms with Crippen molar-refractivity contribution in [3.05, 3.63) is 30.3 Å². The zero-order valence-electron chi connectivity index (χ0n) is 14.3. The molecule has 3 amide bonds. The highest BCUT2D eigenvalue weighted by Gasteiger charge is 2.17. The molecule has 0 spiro atoms. The molecule has 1 aliphatic heterocycles. The van der Waals surface area contributed by atoms with E-state index in [0.717, 1.165) is 38.8 Å². The average Bonchev–Trinajstić information content (AvgIpc) is 2.90. The van der Waals surface area contributed by atoms with E-state index >= 15 is 0 Å². The fourth-order valence-electron chi connectivity index (χ4n) is 2.60. The van der Waals surface area contributed by atoms with Crippen LogP contribution in [0.15, 0.2) is 30.3 Å². The first-order valence-corrected chi connectivity index (χ1v) is 8.68. The van der Waals surface area contributed by atoms with E-state index in [1.54, 1.807) is 17.0 Å². The van der Waals surface area contributed by atoms with Crippen LogP contribution in [0, 0.1) is 0 Å². The molecule has 0 unspecified atom stereocenters. The number of nitrogens with one attached hydrogen (secondary N) is 2. The van der Waals surface area contributed by atoms with Crippen molar-refractivity contribution in [3.8, 4) is 0 Å². The minimum atomic E-state index is -0.497. The van der Waals surface area contributed by atoms with Crippen LogP contribution in [0.25, 0.3) is 0 Å². The van der Waals surface area contributed by atoms with E-state index in [-0.39, 0.29) is 31.5 Å². The summed E-state index contributed by atoms with van der Waals surface area (Å²) < 4.78 is 5.00. The second-order valence-electron chi connectivity index (χ2n) is 5.95. The number of hydrogen-bond acceptors (Lipinski definition) is 4. The van der Waals surface area contributed by atoms with Gasteiger partial charge in [-0.25, -0.2) is 4.79 Å². The molecule has 7 heteroatoms. The molecule has 1 aliphatic rings. The number of carbonyl (C=O) groups excluding carboxylic acids is 3. The van der Waals surface area contributed by atoms with Gasteiger partial charge in [-0.15, -0.1) is 0 Å². The summed E-state index contributed by atoms with van der Waals surface area (Å²) in [5.41, 5.74) is 0.672. The van der Waals surface area contributed by atoms with Gasteiger partial charge in [-0.05, 0) is 25.0 Å². The molecule has 7 nitrogen and oxygen atoms in total. The molecule has 2 rings (SSSR count). The first-order chi connectivity index (χ1) is 12.1. The van der Waals surface area contributed by atoms with Gasteiger partial charge in [0.15, 0.2) is 6.61 Å². The Labute approximate surface area is 147 Å². The van der Waals surface area contributed by atoms with Crippen LogP contribution in [0.2, 0.25) is 0 Å². The molecule has 1 fully saturated rings. The summed E-state index contributed by atoms with van der Waals surface area (Å²) in [5.74, 6) is -0.645. The molecular weight excluding hydrogens is 322 g/mol. The Hall–Kier alpha value is -2.57. The lowest BCUT2D eigenvalue weighted by Gasteiger charge is -2.19. The number of hydrogen-bond donors (Lipinski definition) is 2. The number of benzene rings is 1. The van der Waals surface area contributed by atoms with Crippen LogP contribution >= 0.6 is 0 Å². The number of urea groups is 1. The van der Waals surface area contributed by atoms with E-state index in [0.29, 0.717) is 5.69 Å². The number of amides is 3. The summed E-state index contributed by atoms with van der Waals surface area (Å²) in [5, 5.41) is 5.23. The van der Waals surface area contributed by atoms with Gasteiger partial charge in [0.05, 0.1) is 6.42 Å². The molecule has 0 radical (unpaired) electrons. The number of rotatable bonds is 6. The van der Waals surface area contributed by atoms with E-state index < -0.39 is 5.97 Å². The highest BCUT2D eigenvalue weighted by molar-refractivity contribution is 5.89. The lowest BCUT2D eigenvalue weighted by atomic mass is 10.2. The second kappa shape index (κ2) is 10.3. The second-order valence-corrected chi connectivity index (χ2v) is 5.95. The molecule has 1 heterocycles. The van der Waals surface area contributed by atoms with Crippen LogP contribution in [-0.4, -0.2) is 49.0 Å². The van der Waals surface area contributed by atoms with Crippen LogP contribution in [0.1, 0.15) is 32.1 Å². The predicted molar refractivity (Wildman–Crippen MR) is 94.1 cm³/mol.